The van der Waals surface area contributed by atoms with E-state index in [2.05, 4.69) is 82.0 Å². The molecular formula is C26H34N6. The Morgan fingerprint density at radius 1 is 1.03 bits per heavy atom. The van der Waals surface area contributed by atoms with E-state index in [0.29, 0.717) is 0 Å². The number of hydrogen-bond acceptors (Lipinski definition) is 4. The highest BCUT2D eigenvalue weighted by Gasteiger charge is 2.04. The Balaban J connectivity index is -0.0000000812. The van der Waals surface area contributed by atoms with Crippen molar-refractivity contribution in [3.8, 4) is 71.5 Å². The Hall–Kier alpha value is -4.97. The van der Waals surface area contributed by atoms with Crippen LogP contribution >= 0.6 is 0 Å². The first kappa shape index (κ1) is 27.0. The Bertz CT molecular complexity index is 1320. The molecule has 0 bridgehead atoms. The van der Waals surface area contributed by atoms with Crippen LogP contribution < -0.4 is 5.73 Å². The second-order valence-electron chi connectivity index (χ2n) is 5.73. The summed E-state index contributed by atoms with van der Waals surface area (Å²) in [7, 11) is 0. The van der Waals surface area contributed by atoms with Crippen LogP contribution in [0.15, 0.2) is 18.2 Å². The SMILES string of the molecule is C#CC#CC#CC#CC#CC#CC.CCCCc1nc2cc(N)ccc2nc1C.[HH].[HH].[HH].[HH].[HH].[HH].[N-]=[N+]=N. The molecule has 0 spiro atoms. The highest BCUT2D eigenvalue weighted by Crippen LogP contribution is 2.16. The van der Waals surface area contributed by atoms with Gasteiger partial charge in [-0.3, -0.25) is 0 Å². The Kier molecular flexibility index (Phi) is 15.3. The monoisotopic (exact) mass is 430 g/mol. The average molecular weight is 431 g/mol. The maximum Gasteiger partial charge on any atom is 0.0910 e. The van der Waals surface area contributed by atoms with E-state index >= 15 is 0 Å². The molecule has 1 aromatic carbocycles. The molecule has 0 unspecified atom stereocenters. The number of nitrogens with two attached hydrogens (primary N) is 1. The minimum Gasteiger partial charge on any atom is -0.399 e. The van der Waals surface area contributed by atoms with Gasteiger partial charge in [0.25, 0.3) is 0 Å². The van der Waals surface area contributed by atoms with Gasteiger partial charge in [-0.15, -0.1) is 12.0 Å². The van der Waals surface area contributed by atoms with Crippen molar-refractivity contribution in [2.75, 3.05) is 5.73 Å². The Labute approximate surface area is 198 Å². The molecule has 6 heteroatoms. The van der Waals surface area contributed by atoms with Gasteiger partial charge in [0.15, 0.2) is 0 Å². The van der Waals surface area contributed by atoms with Gasteiger partial charge in [0.2, 0.25) is 0 Å². The standard InChI is InChI=1S/C13H17N3.C13H4.HN3.6H2/c1-3-4-5-11-9(2)15-12-7-6-10(14)8-13(12)16-11;1-3-5-7-9-11-13-12-10-8-6-4-2;1-3-2;;;;;;/h6-8H,3-5,14H2,1-2H3;1H,2H3;1H;6*1H. The number of aryl methyl sites for hydroxylation is 2. The number of nitrogens with one attached hydrogen (secondary N) is 1. The van der Waals surface area contributed by atoms with Crippen molar-refractivity contribution in [2.45, 2.75) is 40.0 Å². The van der Waals surface area contributed by atoms with Crippen LogP contribution in [0.2, 0.25) is 0 Å². The van der Waals surface area contributed by atoms with E-state index in [1.54, 1.807) is 11.8 Å². The smallest absolute Gasteiger partial charge is 0.0910 e. The van der Waals surface area contributed by atoms with Crippen LogP contribution in [0.5, 0.6) is 0 Å². The lowest BCUT2D eigenvalue weighted by atomic mass is 10.1. The molecule has 6 nitrogen and oxygen atoms in total. The number of nitrogens with zero attached hydrogens (tertiary/aromatic N) is 4. The zero-order chi connectivity index (χ0) is 24.0. The zero-order valence-corrected chi connectivity index (χ0v) is 18.3. The predicted octanol–water partition coefficient (Wildman–Crippen LogP) is 5.87. The Morgan fingerprint density at radius 3 is 2.12 bits per heavy atom. The number of anilines is 1. The van der Waals surface area contributed by atoms with Gasteiger partial charge in [-0.1, -0.05) is 19.3 Å². The van der Waals surface area contributed by atoms with Crippen LogP contribution in [-0.4, -0.2) is 9.97 Å². The molecule has 0 atom stereocenters. The molecule has 2 rings (SSSR count). The fourth-order valence-corrected chi connectivity index (χ4v) is 2.09. The third-order valence-electron chi connectivity index (χ3n) is 3.42. The fraction of sp³-hybridized carbons (Fsp3) is 0.231. The minimum absolute atomic E-state index is 0. The molecule has 1 aromatic heterocycles. The molecule has 3 N–H and O–H groups in total. The van der Waals surface area contributed by atoms with Crippen molar-refractivity contribution >= 4 is 16.7 Å². The summed E-state index contributed by atoms with van der Waals surface area (Å²) in [6.45, 7) is 5.91. The maximum absolute atomic E-state index is 6.86. The van der Waals surface area contributed by atoms with E-state index in [4.69, 9.17) is 23.2 Å². The molecule has 0 saturated carbocycles. The molecule has 0 fully saturated rings. The fourth-order valence-electron chi connectivity index (χ4n) is 2.09. The van der Waals surface area contributed by atoms with Crippen molar-refractivity contribution in [3.05, 3.63) is 40.0 Å². The largest absolute Gasteiger partial charge is 0.399 e. The van der Waals surface area contributed by atoms with Gasteiger partial charge in [-0.2, -0.15) is 0 Å². The van der Waals surface area contributed by atoms with E-state index in [0.717, 1.165) is 41.0 Å². The lowest BCUT2D eigenvalue weighted by Crippen LogP contribution is -1.99. The van der Waals surface area contributed by atoms with Gasteiger partial charge < -0.3 is 5.73 Å². The van der Waals surface area contributed by atoms with E-state index in [-0.39, 0.29) is 8.56 Å². The number of terminal acetylenes is 1. The van der Waals surface area contributed by atoms with Gasteiger partial charge in [-0.25, -0.2) is 9.97 Å². The number of nitrogen functional groups attached to an aromatic ring is 1. The van der Waals surface area contributed by atoms with Gasteiger partial charge in [0.05, 0.1) is 22.4 Å². The summed E-state index contributed by atoms with van der Waals surface area (Å²) < 4.78 is 0. The molecular weight excluding hydrogens is 396 g/mol. The highest BCUT2D eigenvalue weighted by atomic mass is 15.0. The Morgan fingerprint density at radius 2 is 1.59 bits per heavy atom. The van der Waals surface area contributed by atoms with E-state index in [9.17, 15) is 0 Å². The van der Waals surface area contributed by atoms with E-state index in [1.807, 2.05) is 25.1 Å². The van der Waals surface area contributed by atoms with Crippen LogP contribution in [0.25, 0.3) is 21.5 Å². The summed E-state index contributed by atoms with van der Waals surface area (Å²) in [4.78, 5) is 10.9. The van der Waals surface area contributed by atoms with Crippen molar-refractivity contribution in [3.63, 3.8) is 0 Å². The second kappa shape index (κ2) is 18.1. The summed E-state index contributed by atoms with van der Waals surface area (Å²) in [6.07, 6.45) is 8.19. The molecule has 32 heavy (non-hydrogen) atoms. The van der Waals surface area contributed by atoms with Crippen LogP contribution in [-0.2, 0) is 6.42 Å². The second-order valence-corrected chi connectivity index (χ2v) is 5.73. The first-order valence-electron chi connectivity index (χ1n) is 9.44. The van der Waals surface area contributed by atoms with Gasteiger partial charge in [0.1, 0.15) is 0 Å². The van der Waals surface area contributed by atoms with E-state index in [1.165, 1.54) is 6.42 Å². The van der Waals surface area contributed by atoms with Gasteiger partial charge in [0, 0.05) is 14.2 Å². The third-order valence-corrected chi connectivity index (χ3v) is 3.42. The summed E-state index contributed by atoms with van der Waals surface area (Å²) in [5.74, 6) is 26.9. The van der Waals surface area contributed by atoms with Crippen molar-refractivity contribution < 1.29 is 8.56 Å². The maximum atomic E-state index is 6.86. The van der Waals surface area contributed by atoms with Gasteiger partial charge >= 0.3 is 0 Å². The lowest BCUT2D eigenvalue weighted by Gasteiger charge is -2.06. The zero-order valence-electron chi connectivity index (χ0n) is 18.3. The van der Waals surface area contributed by atoms with E-state index < -0.39 is 0 Å². The number of aromatic nitrogens is 2. The highest BCUT2D eigenvalue weighted by molar-refractivity contribution is 5.78. The quantitative estimate of drug-likeness (QED) is 0.209. The number of unbranched alkanes of at least 4 members (excludes halogenated alkanes) is 1. The lowest BCUT2D eigenvalue weighted by molar-refractivity contribution is 0.769. The van der Waals surface area contributed by atoms with Crippen LogP contribution in [0, 0.1) is 84.0 Å². The minimum atomic E-state index is 0. The number of hydrogen-bond donors (Lipinski definition) is 2. The summed E-state index contributed by atoms with van der Waals surface area (Å²) in [5, 5.41) is 0. The predicted molar refractivity (Wildman–Crippen MR) is 143 cm³/mol. The molecule has 0 aliphatic carbocycles. The molecule has 0 saturated heterocycles. The molecule has 1 heterocycles. The molecule has 0 aliphatic heterocycles. The van der Waals surface area contributed by atoms with Gasteiger partial charge in [-0.05, 0) is 115 Å². The average Bonchev–Trinajstić information content (AvgIpc) is 2.78. The number of benzene rings is 1. The summed E-state index contributed by atoms with van der Waals surface area (Å²) in [5.41, 5.74) is 22.7. The van der Waals surface area contributed by atoms with Crippen molar-refractivity contribution in [2.24, 2.45) is 0 Å². The first-order chi connectivity index (χ1) is 15.5. The number of fused-ring (bicyclic) bond motifs is 1. The van der Waals surface area contributed by atoms with Crippen LogP contribution in [0.1, 0.15) is 46.6 Å². The van der Waals surface area contributed by atoms with Crippen molar-refractivity contribution in [1.82, 2.24) is 9.97 Å². The summed E-state index contributed by atoms with van der Waals surface area (Å²) >= 11 is 0. The van der Waals surface area contributed by atoms with Crippen LogP contribution in [0.4, 0.5) is 5.69 Å². The molecule has 2 aromatic rings. The topological polar surface area (TPSA) is 112 Å². The molecule has 168 valence electrons. The first-order valence-corrected chi connectivity index (χ1v) is 9.44. The molecule has 0 amide bonds. The molecule has 0 aliphatic rings. The summed E-state index contributed by atoms with van der Waals surface area (Å²) in [6, 6.07) is 5.67. The normalized spacial score (nSPS) is 7.19. The van der Waals surface area contributed by atoms with Crippen LogP contribution in [0.3, 0.4) is 0 Å². The molecule has 0 radical (unpaired) electrons. The number of rotatable bonds is 3. The van der Waals surface area contributed by atoms with Crippen molar-refractivity contribution in [1.29, 1.82) is 5.53 Å². The third kappa shape index (κ3) is 12.5.